The Bertz CT molecular complexity index is 808. The highest BCUT2D eigenvalue weighted by Crippen LogP contribution is 2.38. The van der Waals surface area contributed by atoms with Gasteiger partial charge in [0.1, 0.15) is 11.5 Å². The van der Waals surface area contributed by atoms with Gasteiger partial charge in [0.2, 0.25) is 0 Å². The van der Waals surface area contributed by atoms with E-state index in [4.69, 9.17) is 18.9 Å². The molecule has 0 saturated carbocycles. The second kappa shape index (κ2) is 9.17. The molecule has 0 bridgehead atoms. The second-order valence-corrected chi connectivity index (χ2v) is 6.86. The number of methoxy groups -OCH3 is 4. The highest BCUT2D eigenvalue weighted by molar-refractivity contribution is 5.49. The first-order chi connectivity index (χ1) is 13.6. The number of aliphatic hydroxyl groups excluding tert-OH is 1. The summed E-state index contributed by atoms with van der Waals surface area (Å²) < 4.78 is 21.6. The zero-order valence-corrected chi connectivity index (χ0v) is 17.0. The van der Waals surface area contributed by atoms with Crippen LogP contribution in [0, 0.1) is 0 Å². The van der Waals surface area contributed by atoms with Gasteiger partial charge >= 0.3 is 0 Å². The minimum Gasteiger partial charge on any atom is -0.497 e. The summed E-state index contributed by atoms with van der Waals surface area (Å²) in [6.07, 6.45) is 1.72. The predicted octanol–water partition coefficient (Wildman–Crippen LogP) is 3.42. The monoisotopic (exact) mass is 387 g/mol. The van der Waals surface area contributed by atoms with Crippen molar-refractivity contribution in [2.45, 2.75) is 31.4 Å². The maximum absolute atomic E-state index is 10.8. The summed E-state index contributed by atoms with van der Waals surface area (Å²) in [6, 6.07) is 9.76. The third-order valence-corrected chi connectivity index (χ3v) is 5.33. The Morgan fingerprint density at radius 2 is 1.68 bits per heavy atom. The molecule has 2 aromatic rings. The lowest BCUT2D eigenvalue weighted by molar-refractivity contribution is 0.155. The van der Waals surface area contributed by atoms with Crippen LogP contribution in [0.25, 0.3) is 0 Å². The van der Waals surface area contributed by atoms with Gasteiger partial charge in [0, 0.05) is 17.7 Å². The molecule has 152 valence electrons. The van der Waals surface area contributed by atoms with E-state index < -0.39 is 6.10 Å². The van der Waals surface area contributed by atoms with E-state index in [2.05, 4.69) is 11.4 Å². The first-order valence-corrected chi connectivity index (χ1v) is 9.49. The number of nitrogens with one attached hydrogen (secondary N) is 1. The van der Waals surface area contributed by atoms with Crippen LogP contribution in [-0.2, 0) is 6.42 Å². The number of fused-ring (bicyclic) bond motifs is 1. The summed E-state index contributed by atoms with van der Waals surface area (Å²) in [5, 5.41) is 14.3. The molecule has 0 aliphatic carbocycles. The number of rotatable bonds is 8. The number of aliphatic hydroxyl groups is 1. The fraction of sp³-hybridized carbons (Fsp3) is 0.455. The molecular weight excluding hydrogens is 358 g/mol. The van der Waals surface area contributed by atoms with E-state index in [1.807, 2.05) is 18.2 Å². The van der Waals surface area contributed by atoms with Crippen LogP contribution in [0.5, 0.6) is 23.0 Å². The molecule has 2 N–H and O–H groups in total. The highest BCUT2D eigenvalue weighted by Gasteiger charge is 2.24. The Morgan fingerprint density at radius 1 is 0.964 bits per heavy atom. The first-order valence-electron chi connectivity index (χ1n) is 9.49. The van der Waals surface area contributed by atoms with E-state index >= 15 is 0 Å². The van der Waals surface area contributed by atoms with Crippen LogP contribution >= 0.6 is 0 Å². The van der Waals surface area contributed by atoms with E-state index in [9.17, 15) is 5.11 Å². The lowest BCUT2D eigenvalue weighted by atomic mass is 9.89. The van der Waals surface area contributed by atoms with Gasteiger partial charge in [0.05, 0.1) is 34.5 Å². The molecule has 1 heterocycles. The molecule has 2 atom stereocenters. The SMILES string of the molecule is COc1ccc(C(O)CCC2NCCc3cc(OC)c(OC)cc32)c(OC)c1. The van der Waals surface area contributed by atoms with Crippen LogP contribution in [0.1, 0.15) is 41.7 Å². The molecule has 3 rings (SSSR count). The standard InChI is InChI=1S/C22H29NO5/c1-25-15-5-6-16(20(12-15)26-2)19(24)8-7-18-17-13-22(28-4)21(27-3)11-14(17)9-10-23-18/h5-6,11-13,18-19,23-24H,7-10H2,1-4H3. The van der Waals surface area contributed by atoms with Crippen LogP contribution in [0.2, 0.25) is 0 Å². The summed E-state index contributed by atoms with van der Waals surface area (Å²) in [4.78, 5) is 0. The fourth-order valence-electron chi connectivity index (χ4n) is 3.80. The van der Waals surface area contributed by atoms with Gasteiger partial charge in [-0.3, -0.25) is 0 Å². The third-order valence-electron chi connectivity index (χ3n) is 5.33. The second-order valence-electron chi connectivity index (χ2n) is 6.86. The van der Waals surface area contributed by atoms with Crippen LogP contribution in [0.3, 0.4) is 0 Å². The van der Waals surface area contributed by atoms with Crippen molar-refractivity contribution < 1.29 is 24.1 Å². The molecule has 0 aromatic heterocycles. The fourth-order valence-corrected chi connectivity index (χ4v) is 3.80. The van der Waals surface area contributed by atoms with Crippen molar-refractivity contribution in [1.82, 2.24) is 5.32 Å². The Kier molecular flexibility index (Phi) is 6.65. The van der Waals surface area contributed by atoms with Crippen molar-refractivity contribution in [3.63, 3.8) is 0 Å². The van der Waals surface area contributed by atoms with Crippen molar-refractivity contribution in [3.8, 4) is 23.0 Å². The van der Waals surface area contributed by atoms with Crippen molar-refractivity contribution in [2.24, 2.45) is 0 Å². The Balaban J connectivity index is 1.76. The summed E-state index contributed by atoms with van der Waals surface area (Å²) in [7, 11) is 6.51. The van der Waals surface area contributed by atoms with E-state index in [-0.39, 0.29) is 6.04 Å². The molecule has 6 heteroatoms. The van der Waals surface area contributed by atoms with E-state index in [1.165, 1.54) is 11.1 Å². The molecule has 0 saturated heterocycles. The normalized spacial score (nSPS) is 16.8. The Labute approximate surface area is 166 Å². The molecule has 6 nitrogen and oxygen atoms in total. The number of hydrogen-bond donors (Lipinski definition) is 2. The molecule has 0 fully saturated rings. The van der Waals surface area contributed by atoms with Gasteiger partial charge in [-0.25, -0.2) is 0 Å². The summed E-state index contributed by atoms with van der Waals surface area (Å²) in [6.45, 7) is 0.898. The molecule has 2 aromatic carbocycles. The zero-order chi connectivity index (χ0) is 20.1. The van der Waals surface area contributed by atoms with Crippen molar-refractivity contribution in [1.29, 1.82) is 0 Å². The van der Waals surface area contributed by atoms with E-state index in [0.29, 0.717) is 17.9 Å². The van der Waals surface area contributed by atoms with Crippen molar-refractivity contribution in [2.75, 3.05) is 35.0 Å². The van der Waals surface area contributed by atoms with Crippen LogP contribution in [-0.4, -0.2) is 40.1 Å². The number of hydrogen-bond acceptors (Lipinski definition) is 6. The molecule has 28 heavy (non-hydrogen) atoms. The van der Waals surface area contributed by atoms with Gasteiger partial charge in [-0.1, -0.05) is 0 Å². The Morgan fingerprint density at radius 3 is 2.36 bits per heavy atom. The molecule has 2 unspecified atom stereocenters. The average Bonchev–Trinajstić information content (AvgIpc) is 2.75. The molecule has 0 radical (unpaired) electrons. The maximum atomic E-state index is 10.8. The van der Waals surface area contributed by atoms with E-state index in [1.54, 1.807) is 34.5 Å². The molecule has 0 amide bonds. The van der Waals surface area contributed by atoms with Gasteiger partial charge in [-0.05, 0) is 61.2 Å². The minimum absolute atomic E-state index is 0.155. The number of benzene rings is 2. The van der Waals surface area contributed by atoms with Gasteiger partial charge in [-0.15, -0.1) is 0 Å². The largest absolute Gasteiger partial charge is 0.497 e. The molecular formula is C22H29NO5. The Hall–Kier alpha value is -2.44. The third kappa shape index (κ3) is 4.18. The maximum Gasteiger partial charge on any atom is 0.161 e. The first kappa shape index (κ1) is 20.3. The van der Waals surface area contributed by atoms with Crippen LogP contribution < -0.4 is 24.3 Å². The lowest BCUT2D eigenvalue weighted by Gasteiger charge is -2.29. The topological polar surface area (TPSA) is 69.2 Å². The lowest BCUT2D eigenvalue weighted by Crippen LogP contribution is -2.30. The molecule has 0 spiro atoms. The van der Waals surface area contributed by atoms with E-state index in [0.717, 1.165) is 36.4 Å². The highest BCUT2D eigenvalue weighted by atomic mass is 16.5. The van der Waals surface area contributed by atoms with Gasteiger partial charge in [-0.2, -0.15) is 0 Å². The molecule has 1 aliphatic heterocycles. The van der Waals surface area contributed by atoms with Crippen LogP contribution in [0.4, 0.5) is 0 Å². The van der Waals surface area contributed by atoms with Gasteiger partial charge in [0.25, 0.3) is 0 Å². The van der Waals surface area contributed by atoms with Crippen molar-refractivity contribution in [3.05, 3.63) is 47.0 Å². The van der Waals surface area contributed by atoms with Crippen LogP contribution in [0.15, 0.2) is 30.3 Å². The summed E-state index contributed by atoms with van der Waals surface area (Å²) >= 11 is 0. The minimum atomic E-state index is -0.617. The summed E-state index contributed by atoms with van der Waals surface area (Å²) in [5.41, 5.74) is 3.24. The quantitative estimate of drug-likeness (QED) is 0.723. The van der Waals surface area contributed by atoms with Gasteiger partial charge < -0.3 is 29.4 Å². The number of ether oxygens (including phenoxy) is 4. The smallest absolute Gasteiger partial charge is 0.161 e. The molecule has 1 aliphatic rings. The zero-order valence-electron chi connectivity index (χ0n) is 17.0. The predicted molar refractivity (Wildman–Crippen MR) is 108 cm³/mol. The average molecular weight is 387 g/mol. The van der Waals surface area contributed by atoms with Gasteiger partial charge in [0.15, 0.2) is 11.5 Å². The van der Waals surface area contributed by atoms with Crippen molar-refractivity contribution >= 4 is 0 Å². The summed E-state index contributed by atoms with van der Waals surface area (Å²) in [5.74, 6) is 2.82.